The molecule has 0 spiro atoms. The smallest absolute Gasteiger partial charge is 0.261 e. The van der Waals surface area contributed by atoms with Crippen LogP contribution in [0.5, 0.6) is 0 Å². The minimum absolute atomic E-state index is 0.0153. The van der Waals surface area contributed by atoms with Gasteiger partial charge in [-0.3, -0.25) is 14.3 Å². The zero-order valence-corrected chi connectivity index (χ0v) is 14.6. The zero-order chi connectivity index (χ0) is 17.2. The highest BCUT2D eigenvalue weighted by atomic mass is 16.5. The maximum absolute atomic E-state index is 12.6. The molecule has 1 fully saturated rings. The Bertz CT molecular complexity index is 757. The van der Waals surface area contributed by atoms with Gasteiger partial charge in [0, 0.05) is 33.3 Å². The number of nitrogens with zero attached hydrogens (tertiary/aromatic N) is 3. The minimum atomic E-state index is -0.214. The number of aromatic nitrogens is 2. The fourth-order valence-electron chi connectivity index (χ4n) is 3.37. The van der Waals surface area contributed by atoms with E-state index in [0.29, 0.717) is 18.5 Å². The van der Waals surface area contributed by atoms with E-state index < -0.39 is 0 Å². The molecular formula is C18H25N3O3. The minimum Gasteiger partial charge on any atom is -0.382 e. The molecule has 1 atom stereocenters. The molecule has 0 bridgehead atoms. The molecule has 1 saturated heterocycles. The highest BCUT2D eigenvalue weighted by molar-refractivity contribution is 5.76. The Morgan fingerprint density at radius 2 is 2.12 bits per heavy atom. The van der Waals surface area contributed by atoms with Crippen LogP contribution in [0.15, 0.2) is 35.4 Å². The van der Waals surface area contributed by atoms with Crippen molar-refractivity contribution < 1.29 is 9.47 Å². The van der Waals surface area contributed by atoms with Crippen LogP contribution in [0.3, 0.4) is 0 Å². The van der Waals surface area contributed by atoms with Crippen LogP contribution in [-0.4, -0.2) is 59.5 Å². The number of hydrogen-bond donors (Lipinski definition) is 0. The molecule has 1 aromatic carbocycles. The monoisotopic (exact) mass is 331 g/mol. The van der Waals surface area contributed by atoms with Crippen molar-refractivity contribution in [2.24, 2.45) is 0 Å². The lowest BCUT2D eigenvalue weighted by Gasteiger charge is -2.42. The summed E-state index contributed by atoms with van der Waals surface area (Å²) in [6.45, 7) is 7.81. The Kier molecular flexibility index (Phi) is 4.99. The molecule has 130 valence electrons. The Labute approximate surface area is 142 Å². The summed E-state index contributed by atoms with van der Waals surface area (Å²) in [6, 6.07) is 7.45. The summed E-state index contributed by atoms with van der Waals surface area (Å²) in [7, 11) is 1.69. The van der Waals surface area contributed by atoms with Gasteiger partial charge in [-0.05, 0) is 26.0 Å². The van der Waals surface area contributed by atoms with E-state index in [9.17, 15) is 4.79 Å². The Hall–Kier alpha value is -1.76. The topological polar surface area (TPSA) is 56.6 Å². The van der Waals surface area contributed by atoms with E-state index in [-0.39, 0.29) is 17.3 Å². The molecule has 0 N–H and O–H groups in total. The largest absolute Gasteiger partial charge is 0.382 e. The first-order valence-electron chi connectivity index (χ1n) is 8.32. The zero-order valence-electron chi connectivity index (χ0n) is 14.6. The van der Waals surface area contributed by atoms with Gasteiger partial charge >= 0.3 is 0 Å². The fourth-order valence-corrected chi connectivity index (χ4v) is 3.37. The average molecular weight is 331 g/mol. The predicted molar refractivity (Wildman–Crippen MR) is 93.3 cm³/mol. The summed E-state index contributed by atoms with van der Waals surface area (Å²) in [5.74, 6) is 0. The number of ether oxygens (including phenoxy) is 2. The SMILES string of the molecule is COCC1CN(CCn2cnc3ccccc3c2=O)CC(C)(C)O1. The van der Waals surface area contributed by atoms with Crippen LogP contribution in [0.1, 0.15) is 13.8 Å². The van der Waals surface area contributed by atoms with Crippen LogP contribution in [0.2, 0.25) is 0 Å². The number of rotatable bonds is 5. The number of fused-ring (bicyclic) bond motifs is 1. The third kappa shape index (κ3) is 3.83. The summed E-state index contributed by atoms with van der Waals surface area (Å²) < 4.78 is 13.0. The van der Waals surface area contributed by atoms with Crippen LogP contribution in [0.4, 0.5) is 0 Å². The number of hydrogen-bond acceptors (Lipinski definition) is 5. The molecule has 3 rings (SSSR count). The lowest BCUT2D eigenvalue weighted by molar-refractivity contribution is -0.152. The Morgan fingerprint density at radius 3 is 2.92 bits per heavy atom. The molecule has 0 amide bonds. The maximum Gasteiger partial charge on any atom is 0.261 e. The van der Waals surface area contributed by atoms with Crippen LogP contribution in [0, 0.1) is 0 Å². The number of methoxy groups -OCH3 is 1. The second-order valence-corrected chi connectivity index (χ2v) is 6.95. The van der Waals surface area contributed by atoms with Crippen LogP contribution in [-0.2, 0) is 16.0 Å². The predicted octanol–water partition coefficient (Wildman–Crippen LogP) is 1.52. The third-order valence-corrected chi connectivity index (χ3v) is 4.29. The molecule has 1 unspecified atom stereocenters. The number of benzene rings is 1. The molecule has 6 heteroatoms. The lowest BCUT2D eigenvalue weighted by atomic mass is 10.1. The summed E-state index contributed by atoms with van der Waals surface area (Å²) in [6.07, 6.45) is 1.70. The average Bonchev–Trinajstić information content (AvgIpc) is 2.53. The van der Waals surface area contributed by atoms with Gasteiger partial charge in [-0.1, -0.05) is 12.1 Å². The number of morpholine rings is 1. The van der Waals surface area contributed by atoms with E-state index in [1.54, 1.807) is 18.0 Å². The highest BCUT2D eigenvalue weighted by Gasteiger charge is 2.33. The lowest BCUT2D eigenvalue weighted by Crippen LogP contribution is -2.54. The molecule has 0 radical (unpaired) electrons. The standard InChI is InChI=1S/C18H25N3O3/c1-18(2)12-20(10-14(24-18)11-23-3)8-9-21-13-19-16-7-5-4-6-15(16)17(21)22/h4-7,13-14H,8-12H2,1-3H3. The summed E-state index contributed by atoms with van der Waals surface area (Å²) in [5.41, 5.74) is 0.543. The van der Waals surface area contributed by atoms with Gasteiger partial charge in [-0.15, -0.1) is 0 Å². The van der Waals surface area contributed by atoms with Gasteiger partial charge in [-0.2, -0.15) is 0 Å². The van der Waals surface area contributed by atoms with Crippen LogP contribution >= 0.6 is 0 Å². The van der Waals surface area contributed by atoms with E-state index in [1.165, 1.54) is 0 Å². The van der Waals surface area contributed by atoms with Crippen molar-refractivity contribution in [2.75, 3.05) is 33.4 Å². The van der Waals surface area contributed by atoms with Crippen molar-refractivity contribution >= 4 is 10.9 Å². The molecule has 1 aliphatic heterocycles. The van der Waals surface area contributed by atoms with Gasteiger partial charge in [0.05, 0.1) is 35.5 Å². The molecule has 0 saturated carbocycles. The normalized spacial score (nSPS) is 21.2. The Morgan fingerprint density at radius 1 is 1.33 bits per heavy atom. The Balaban J connectivity index is 1.71. The van der Waals surface area contributed by atoms with Gasteiger partial charge in [0.15, 0.2) is 0 Å². The van der Waals surface area contributed by atoms with E-state index in [0.717, 1.165) is 25.2 Å². The van der Waals surface area contributed by atoms with E-state index in [4.69, 9.17) is 9.47 Å². The first-order chi connectivity index (χ1) is 11.5. The molecule has 2 aromatic rings. The first-order valence-corrected chi connectivity index (χ1v) is 8.32. The van der Waals surface area contributed by atoms with Crippen molar-refractivity contribution in [3.8, 4) is 0 Å². The van der Waals surface area contributed by atoms with Crippen molar-refractivity contribution in [2.45, 2.75) is 32.1 Å². The van der Waals surface area contributed by atoms with Crippen LogP contribution < -0.4 is 5.56 Å². The van der Waals surface area contributed by atoms with Gasteiger partial charge in [-0.25, -0.2) is 4.98 Å². The molecule has 1 aliphatic rings. The van der Waals surface area contributed by atoms with E-state index in [1.807, 2.05) is 24.3 Å². The molecule has 1 aromatic heterocycles. The molecule has 2 heterocycles. The van der Waals surface area contributed by atoms with Crippen molar-refractivity contribution in [3.05, 3.63) is 40.9 Å². The summed E-state index contributed by atoms with van der Waals surface area (Å²) >= 11 is 0. The van der Waals surface area contributed by atoms with Gasteiger partial charge in [0.1, 0.15) is 0 Å². The van der Waals surface area contributed by atoms with Gasteiger partial charge < -0.3 is 9.47 Å². The van der Waals surface area contributed by atoms with Crippen LogP contribution in [0.25, 0.3) is 10.9 Å². The van der Waals surface area contributed by atoms with Crippen molar-refractivity contribution in [1.29, 1.82) is 0 Å². The summed E-state index contributed by atoms with van der Waals surface area (Å²) in [4.78, 5) is 19.3. The van der Waals surface area contributed by atoms with Gasteiger partial charge in [0.2, 0.25) is 0 Å². The quantitative estimate of drug-likeness (QED) is 0.831. The van der Waals surface area contributed by atoms with Gasteiger partial charge in [0.25, 0.3) is 5.56 Å². The second kappa shape index (κ2) is 7.01. The summed E-state index contributed by atoms with van der Waals surface area (Å²) in [5, 5.41) is 0.666. The number of para-hydroxylation sites is 1. The molecular weight excluding hydrogens is 306 g/mol. The highest BCUT2D eigenvalue weighted by Crippen LogP contribution is 2.21. The maximum atomic E-state index is 12.6. The molecule has 6 nitrogen and oxygen atoms in total. The van der Waals surface area contributed by atoms with E-state index in [2.05, 4.69) is 23.7 Å². The van der Waals surface area contributed by atoms with Crippen molar-refractivity contribution in [1.82, 2.24) is 14.5 Å². The second-order valence-electron chi connectivity index (χ2n) is 6.95. The first kappa shape index (κ1) is 17.1. The molecule has 0 aliphatic carbocycles. The van der Waals surface area contributed by atoms with E-state index >= 15 is 0 Å². The molecule has 24 heavy (non-hydrogen) atoms. The van der Waals surface area contributed by atoms with Crippen molar-refractivity contribution in [3.63, 3.8) is 0 Å². The third-order valence-electron chi connectivity index (χ3n) is 4.29. The fraction of sp³-hybridized carbons (Fsp3) is 0.556.